The molecule has 0 unspecified atom stereocenters. The number of ether oxygens (including phenoxy) is 1. The Labute approximate surface area is 172 Å². The van der Waals surface area contributed by atoms with E-state index in [-0.39, 0.29) is 0 Å². The highest BCUT2D eigenvalue weighted by atomic mass is 32.2. The normalized spacial score (nSPS) is 15.8. The highest BCUT2D eigenvalue weighted by Gasteiger charge is 2.26. The molecule has 3 aromatic carbocycles. The van der Waals surface area contributed by atoms with Crippen LogP contribution in [0, 0.1) is 0 Å². The van der Waals surface area contributed by atoms with Crippen LogP contribution in [0.15, 0.2) is 71.6 Å². The molecule has 1 fully saturated rings. The molecule has 0 spiro atoms. The Balaban J connectivity index is 1.46. The lowest BCUT2D eigenvalue weighted by Crippen LogP contribution is -2.40. The first-order valence-corrected chi connectivity index (χ1v) is 11.3. The molecule has 0 saturated carbocycles. The van der Waals surface area contributed by atoms with Crippen molar-refractivity contribution in [3.63, 3.8) is 0 Å². The first-order chi connectivity index (χ1) is 14.0. The predicted molar refractivity (Wildman–Crippen MR) is 115 cm³/mol. The van der Waals surface area contributed by atoms with Gasteiger partial charge in [-0.25, -0.2) is 8.42 Å². The van der Waals surface area contributed by atoms with Crippen molar-refractivity contribution >= 4 is 20.8 Å². The van der Waals surface area contributed by atoms with E-state index < -0.39 is 10.0 Å². The lowest BCUT2D eigenvalue weighted by atomic mass is 10.1. The van der Waals surface area contributed by atoms with Gasteiger partial charge >= 0.3 is 0 Å². The fourth-order valence-corrected chi connectivity index (χ4v) is 5.24. The third-order valence-electron chi connectivity index (χ3n) is 5.23. The summed E-state index contributed by atoms with van der Waals surface area (Å²) in [5.74, 6) is 0. The molecule has 1 aliphatic heterocycles. The first kappa shape index (κ1) is 20.0. The maximum absolute atomic E-state index is 12.9. The lowest BCUT2D eigenvalue weighted by Gasteiger charge is -2.26. The minimum Gasteiger partial charge on any atom is -0.379 e. The van der Waals surface area contributed by atoms with Gasteiger partial charge < -0.3 is 4.74 Å². The fraction of sp³-hybridized carbons (Fsp3) is 0.304. The van der Waals surface area contributed by atoms with Crippen LogP contribution in [0.5, 0.6) is 0 Å². The number of nitrogens with zero attached hydrogens (tertiary/aromatic N) is 2. The zero-order valence-corrected chi connectivity index (χ0v) is 17.4. The SMILES string of the molecule is CN(Cc1cccc(S(=O)(=O)N2CCOCC2)c1)Cc1ccc2ccccc2c1. The Morgan fingerprint density at radius 2 is 1.55 bits per heavy atom. The van der Waals surface area contributed by atoms with Crippen LogP contribution in [0.3, 0.4) is 0 Å². The van der Waals surface area contributed by atoms with Gasteiger partial charge in [0, 0.05) is 26.2 Å². The fourth-order valence-electron chi connectivity index (χ4n) is 3.76. The van der Waals surface area contributed by atoms with E-state index in [0.29, 0.717) is 37.7 Å². The summed E-state index contributed by atoms with van der Waals surface area (Å²) in [5.41, 5.74) is 2.23. The molecule has 0 bridgehead atoms. The summed E-state index contributed by atoms with van der Waals surface area (Å²) in [5, 5.41) is 2.47. The van der Waals surface area contributed by atoms with E-state index in [1.165, 1.54) is 20.6 Å². The molecule has 1 saturated heterocycles. The Hall–Kier alpha value is -2.25. The van der Waals surface area contributed by atoms with Gasteiger partial charge in [0.2, 0.25) is 10.0 Å². The second-order valence-corrected chi connectivity index (χ2v) is 9.46. The van der Waals surface area contributed by atoms with Gasteiger partial charge in [0.15, 0.2) is 0 Å². The second kappa shape index (κ2) is 8.63. The molecule has 29 heavy (non-hydrogen) atoms. The van der Waals surface area contributed by atoms with Gasteiger partial charge in [-0.05, 0) is 47.1 Å². The summed E-state index contributed by atoms with van der Waals surface area (Å²) < 4.78 is 32.6. The van der Waals surface area contributed by atoms with Gasteiger partial charge in [-0.3, -0.25) is 4.90 Å². The van der Waals surface area contributed by atoms with Gasteiger partial charge in [0.25, 0.3) is 0 Å². The van der Waals surface area contributed by atoms with Crippen LogP contribution in [0.25, 0.3) is 10.8 Å². The van der Waals surface area contributed by atoms with Crippen molar-refractivity contribution in [1.29, 1.82) is 0 Å². The Morgan fingerprint density at radius 3 is 2.31 bits per heavy atom. The third-order valence-corrected chi connectivity index (χ3v) is 7.12. The van der Waals surface area contributed by atoms with E-state index in [0.717, 1.165) is 12.1 Å². The number of rotatable bonds is 6. The molecule has 5 nitrogen and oxygen atoms in total. The van der Waals surface area contributed by atoms with Crippen molar-refractivity contribution < 1.29 is 13.2 Å². The molecule has 4 rings (SSSR count). The van der Waals surface area contributed by atoms with Crippen molar-refractivity contribution in [1.82, 2.24) is 9.21 Å². The molecule has 0 radical (unpaired) electrons. The van der Waals surface area contributed by atoms with E-state index in [2.05, 4.69) is 48.3 Å². The van der Waals surface area contributed by atoms with Crippen LogP contribution in [-0.2, 0) is 27.8 Å². The standard InChI is InChI=1S/C23H26N2O3S/c1-24(18-20-9-10-21-6-2-3-7-22(21)15-20)17-19-5-4-8-23(16-19)29(26,27)25-11-13-28-14-12-25/h2-10,15-16H,11-14,17-18H2,1H3. The van der Waals surface area contributed by atoms with E-state index in [9.17, 15) is 8.42 Å². The second-order valence-electron chi connectivity index (χ2n) is 7.52. The van der Waals surface area contributed by atoms with Gasteiger partial charge in [0.05, 0.1) is 18.1 Å². The zero-order chi connectivity index (χ0) is 20.3. The van der Waals surface area contributed by atoms with Crippen LogP contribution in [-0.4, -0.2) is 51.0 Å². The molecular formula is C23H26N2O3S. The van der Waals surface area contributed by atoms with Gasteiger partial charge in [-0.1, -0.05) is 48.5 Å². The number of hydrogen-bond donors (Lipinski definition) is 0. The van der Waals surface area contributed by atoms with Crippen molar-refractivity contribution in [2.45, 2.75) is 18.0 Å². The Bertz CT molecular complexity index is 1090. The number of benzene rings is 3. The summed E-state index contributed by atoms with van der Waals surface area (Å²) in [7, 11) is -1.41. The average molecular weight is 411 g/mol. The summed E-state index contributed by atoms with van der Waals surface area (Å²) >= 11 is 0. The lowest BCUT2D eigenvalue weighted by molar-refractivity contribution is 0.0730. The number of fused-ring (bicyclic) bond motifs is 1. The maximum atomic E-state index is 12.9. The molecule has 3 aromatic rings. The first-order valence-electron chi connectivity index (χ1n) is 9.85. The summed E-state index contributed by atoms with van der Waals surface area (Å²) in [6.07, 6.45) is 0. The summed E-state index contributed by atoms with van der Waals surface area (Å²) in [6.45, 7) is 3.20. The molecule has 0 atom stereocenters. The zero-order valence-electron chi connectivity index (χ0n) is 16.6. The van der Waals surface area contributed by atoms with Crippen molar-refractivity contribution in [3.05, 3.63) is 77.9 Å². The topological polar surface area (TPSA) is 49.9 Å². The predicted octanol–water partition coefficient (Wildman–Crippen LogP) is 3.49. The van der Waals surface area contributed by atoms with Crippen molar-refractivity contribution in [2.75, 3.05) is 33.4 Å². The van der Waals surface area contributed by atoms with Crippen LogP contribution < -0.4 is 0 Å². The van der Waals surface area contributed by atoms with Crippen molar-refractivity contribution in [2.24, 2.45) is 0 Å². The highest BCUT2D eigenvalue weighted by Crippen LogP contribution is 2.20. The minimum atomic E-state index is -3.47. The Kier molecular flexibility index (Phi) is 5.96. The average Bonchev–Trinajstić information content (AvgIpc) is 2.74. The van der Waals surface area contributed by atoms with Gasteiger partial charge in [-0.2, -0.15) is 4.31 Å². The van der Waals surface area contributed by atoms with Crippen molar-refractivity contribution in [3.8, 4) is 0 Å². The third kappa shape index (κ3) is 4.67. The molecular weight excluding hydrogens is 384 g/mol. The van der Waals surface area contributed by atoms with E-state index >= 15 is 0 Å². The monoisotopic (exact) mass is 410 g/mol. The smallest absolute Gasteiger partial charge is 0.243 e. The molecule has 152 valence electrons. The summed E-state index contributed by atoms with van der Waals surface area (Å²) in [6, 6.07) is 22.1. The van der Waals surface area contributed by atoms with E-state index in [1.807, 2.05) is 18.2 Å². The largest absolute Gasteiger partial charge is 0.379 e. The molecule has 1 aliphatic rings. The quantitative estimate of drug-likeness (QED) is 0.624. The van der Waals surface area contributed by atoms with Crippen LogP contribution >= 0.6 is 0 Å². The van der Waals surface area contributed by atoms with Crippen LogP contribution in [0.1, 0.15) is 11.1 Å². The molecule has 0 amide bonds. The molecule has 0 aliphatic carbocycles. The molecule has 1 heterocycles. The summed E-state index contributed by atoms with van der Waals surface area (Å²) in [4.78, 5) is 2.56. The van der Waals surface area contributed by atoms with Crippen LogP contribution in [0.4, 0.5) is 0 Å². The number of sulfonamides is 1. The molecule has 0 N–H and O–H groups in total. The van der Waals surface area contributed by atoms with Gasteiger partial charge in [0.1, 0.15) is 0 Å². The Morgan fingerprint density at radius 1 is 0.862 bits per heavy atom. The minimum absolute atomic E-state index is 0.357. The maximum Gasteiger partial charge on any atom is 0.243 e. The molecule has 0 aromatic heterocycles. The van der Waals surface area contributed by atoms with Gasteiger partial charge in [-0.15, -0.1) is 0 Å². The number of morpholine rings is 1. The molecule has 6 heteroatoms. The number of hydrogen-bond acceptors (Lipinski definition) is 4. The van der Waals surface area contributed by atoms with E-state index in [1.54, 1.807) is 12.1 Å². The van der Waals surface area contributed by atoms with E-state index in [4.69, 9.17) is 4.74 Å². The van der Waals surface area contributed by atoms with Crippen LogP contribution in [0.2, 0.25) is 0 Å². The highest BCUT2D eigenvalue weighted by molar-refractivity contribution is 7.89.